The number of amides is 1. The van der Waals surface area contributed by atoms with Crippen molar-refractivity contribution in [3.8, 4) is 0 Å². The molecule has 132 valence electrons. The molecule has 3 rings (SSSR count). The fraction of sp³-hybridized carbons (Fsp3) is 0.381. The van der Waals surface area contributed by atoms with Crippen LogP contribution in [0.1, 0.15) is 36.9 Å². The number of hydrogen-bond donors (Lipinski definition) is 2. The van der Waals surface area contributed by atoms with Crippen LogP contribution in [-0.2, 0) is 11.3 Å². The number of rotatable bonds is 5. The Morgan fingerprint density at radius 1 is 1.12 bits per heavy atom. The highest BCUT2D eigenvalue weighted by atomic mass is 19.1. The standard InChI is InChI=1S/C21H25FN2O/c1-16(17-7-3-2-4-8-17)23-21(25)18-11-13-24(14-12-18)15-19-9-5-6-10-20(19)22/h2-10,16,18H,11-15H2,1H3,(H,23,25)/p+1/t16-/m1/s1. The van der Waals surface area contributed by atoms with Crippen molar-refractivity contribution in [1.82, 2.24) is 5.32 Å². The SMILES string of the molecule is C[C@@H](NC(=O)C1CC[NH+](Cc2ccccc2F)CC1)c1ccccc1. The van der Waals surface area contributed by atoms with E-state index in [1.165, 1.54) is 11.0 Å². The third-order valence-electron chi connectivity index (χ3n) is 5.12. The molecular weight excluding hydrogens is 315 g/mol. The third kappa shape index (κ3) is 4.67. The van der Waals surface area contributed by atoms with Gasteiger partial charge in [0.15, 0.2) is 0 Å². The van der Waals surface area contributed by atoms with Crippen molar-refractivity contribution in [2.45, 2.75) is 32.4 Å². The highest BCUT2D eigenvalue weighted by Gasteiger charge is 2.28. The van der Waals surface area contributed by atoms with Crippen molar-refractivity contribution in [3.63, 3.8) is 0 Å². The van der Waals surface area contributed by atoms with Crippen molar-refractivity contribution < 1.29 is 14.1 Å². The lowest BCUT2D eigenvalue weighted by Crippen LogP contribution is -3.11. The van der Waals surface area contributed by atoms with E-state index in [0.717, 1.165) is 37.1 Å². The number of nitrogens with one attached hydrogen (secondary N) is 2. The Hall–Kier alpha value is -2.20. The minimum absolute atomic E-state index is 0.0255. The second-order valence-corrected chi connectivity index (χ2v) is 6.93. The monoisotopic (exact) mass is 341 g/mol. The molecule has 0 saturated carbocycles. The zero-order chi connectivity index (χ0) is 17.6. The summed E-state index contributed by atoms with van der Waals surface area (Å²) in [7, 11) is 0. The molecule has 0 radical (unpaired) electrons. The molecule has 1 amide bonds. The first-order chi connectivity index (χ1) is 12.1. The highest BCUT2D eigenvalue weighted by molar-refractivity contribution is 5.79. The van der Waals surface area contributed by atoms with Gasteiger partial charge in [0.05, 0.1) is 19.1 Å². The summed E-state index contributed by atoms with van der Waals surface area (Å²) in [6, 6.07) is 17.0. The Balaban J connectivity index is 1.48. The molecule has 0 aromatic heterocycles. The van der Waals surface area contributed by atoms with Gasteiger partial charge in [0.2, 0.25) is 5.91 Å². The molecule has 4 heteroatoms. The van der Waals surface area contributed by atoms with Crippen LogP contribution in [0.3, 0.4) is 0 Å². The Morgan fingerprint density at radius 3 is 2.44 bits per heavy atom. The summed E-state index contributed by atoms with van der Waals surface area (Å²) in [5.74, 6) is 0.0726. The Kier molecular flexibility index (Phi) is 5.82. The number of likely N-dealkylation sites (tertiary alicyclic amines) is 1. The number of hydrogen-bond acceptors (Lipinski definition) is 1. The van der Waals surface area contributed by atoms with Crippen LogP contribution in [0.2, 0.25) is 0 Å². The second-order valence-electron chi connectivity index (χ2n) is 6.93. The minimum atomic E-state index is -0.133. The van der Waals surface area contributed by atoms with Gasteiger partial charge in [0, 0.05) is 24.3 Å². The van der Waals surface area contributed by atoms with Gasteiger partial charge < -0.3 is 10.2 Å². The lowest BCUT2D eigenvalue weighted by molar-refractivity contribution is -0.919. The van der Waals surface area contributed by atoms with Crippen molar-refractivity contribution in [2.24, 2.45) is 5.92 Å². The Morgan fingerprint density at radius 2 is 1.76 bits per heavy atom. The van der Waals surface area contributed by atoms with Crippen LogP contribution < -0.4 is 10.2 Å². The largest absolute Gasteiger partial charge is 0.349 e. The van der Waals surface area contributed by atoms with Gasteiger partial charge in [-0.1, -0.05) is 48.5 Å². The molecule has 0 spiro atoms. The fourth-order valence-electron chi connectivity index (χ4n) is 3.53. The van der Waals surface area contributed by atoms with E-state index < -0.39 is 0 Å². The van der Waals surface area contributed by atoms with E-state index in [0.29, 0.717) is 6.54 Å². The molecule has 1 heterocycles. The summed E-state index contributed by atoms with van der Waals surface area (Å²) in [5.41, 5.74) is 1.89. The van der Waals surface area contributed by atoms with Crippen LogP contribution in [0.25, 0.3) is 0 Å². The predicted molar refractivity (Wildman–Crippen MR) is 96.5 cm³/mol. The summed E-state index contributed by atoms with van der Waals surface area (Å²) in [6.45, 7) is 4.53. The third-order valence-corrected chi connectivity index (χ3v) is 5.12. The number of carbonyl (C=O) groups is 1. The highest BCUT2D eigenvalue weighted by Crippen LogP contribution is 2.16. The lowest BCUT2D eigenvalue weighted by Gasteiger charge is -2.29. The molecule has 1 fully saturated rings. The molecule has 2 aromatic carbocycles. The van der Waals surface area contributed by atoms with E-state index in [1.807, 2.05) is 49.4 Å². The minimum Gasteiger partial charge on any atom is -0.349 e. The van der Waals surface area contributed by atoms with Gasteiger partial charge in [-0.15, -0.1) is 0 Å². The first-order valence-corrected chi connectivity index (χ1v) is 9.06. The van der Waals surface area contributed by atoms with Crippen LogP contribution in [-0.4, -0.2) is 19.0 Å². The van der Waals surface area contributed by atoms with E-state index in [-0.39, 0.29) is 23.7 Å². The lowest BCUT2D eigenvalue weighted by atomic mass is 9.95. The van der Waals surface area contributed by atoms with E-state index in [9.17, 15) is 9.18 Å². The van der Waals surface area contributed by atoms with Crippen LogP contribution >= 0.6 is 0 Å². The smallest absolute Gasteiger partial charge is 0.224 e. The topological polar surface area (TPSA) is 33.5 Å². The summed E-state index contributed by atoms with van der Waals surface area (Å²) < 4.78 is 13.8. The summed E-state index contributed by atoms with van der Waals surface area (Å²) >= 11 is 0. The second kappa shape index (κ2) is 8.26. The molecule has 3 nitrogen and oxygen atoms in total. The fourth-order valence-corrected chi connectivity index (χ4v) is 3.53. The first-order valence-electron chi connectivity index (χ1n) is 9.06. The van der Waals surface area contributed by atoms with E-state index in [2.05, 4.69) is 5.32 Å². The quantitative estimate of drug-likeness (QED) is 0.861. The number of piperidine rings is 1. The predicted octanol–water partition coefficient (Wildman–Crippen LogP) is 2.50. The number of carbonyl (C=O) groups excluding carboxylic acids is 1. The van der Waals surface area contributed by atoms with Crippen LogP contribution in [0.5, 0.6) is 0 Å². The number of quaternary nitrogens is 1. The average molecular weight is 341 g/mol. The van der Waals surface area contributed by atoms with Crippen LogP contribution in [0.4, 0.5) is 4.39 Å². The van der Waals surface area contributed by atoms with Crippen LogP contribution in [0, 0.1) is 11.7 Å². The Labute approximate surface area is 148 Å². The zero-order valence-electron chi connectivity index (χ0n) is 14.7. The van der Waals surface area contributed by atoms with Crippen LogP contribution in [0.15, 0.2) is 54.6 Å². The molecule has 1 aliphatic heterocycles. The van der Waals surface area contributed by atoms with Gasteiger partial charge >= 0.3 is 0 Å². The normalized spacial score (nSPS) is 21.5. The van der Waals surface area contributed by atoms with Crippen molar-refractivity contribution in [3.05, 3.63) is 71.5 Å². The molecule has 1 atom stereocenters. The van der Waals surface area contributed by atoms with Crippen molar-refractivity contribution in [1.29, 1.82) is 0 Å². The molecule has 1 saturated heterocycles. The van der Waals surface area contributed by atoms with Gasteiger partial charge in [-0.2, -0.15) is 0 Å². The molecule has 2 N–H and O–H groups in total. The average Bonchev–Trinajstić information content (AvgIpc) is 2.65. The van der Waals surface area contributed by atoms with Gasteiger partial charge in [0.25, 0.3) is 0 Å². The number of benzene rings is 2. The maximum Gasteiger partial charge on any atom is 0.224 e. The maximum absolute atomic E-state index is 13.8. The number of halogens is 1. The molecular formula is C21H26FN2O+. The molecule has 0 aliphatic carbocycles. The zero-order valence-corrected chi connectivity index (χ0v) is 14.7. The van der Waals surface area contributed by atoms with E-state index >= 15 is 0 Å². The van der Waals surface area contributed by atoms with Gasteiger partial charge in [-0.05, 0) is 18.6 Å². The van der Waals surface area contributed by atoms with Crippen molar-refractivity contribution in [2.75, 3.05) is 13.1 Å². The molecule has 2 aromatic rings. The van der Waals surface area contributed by atoms with E-state index in [4.69, 9.17) is 0 Å². The molecule has 25 heavy (non-hydrogen) atoms. The summed E-state index contributed by atoms with van der Waals surface area (Å²) in [5, 5.41) is 3.13. The first kappa shape index (κ1) is 17.6. The molecule has 0 unspecified atom stereocenters. The van der Waals surface area contributed by atoms with Gasteiger partial charge in [-0.3, -0.25) is 4.79 Å². The van der Waals surface area contributed by atoms with E-state index in [1.54, 1.807) is 6.07 Å². The summed E-state index contributed by atoms with van der Waals surface area (Å²) in [6.07, 6.45) is 1.72. The molecule has 1 aliphatic rings. The van der Waals surface area contributed by atoms with Crippen molar-refractivity contribution >= 4 is 5.91 Å². The maximum atomic E-state index is 13.8. The Bertz CT molecular complexity index is 696. The molecule has 0 bridgehead atoms. The van der Waals surface area contributed by atoms with Gasteiger partial charge in [0.1, 0.15) is 12.4 Å². The summed E-state index contributed by atoms with van der Waals surface area (Å²) in [4.78, 5) is 13.9. The van der Waals surface area contributed by atoms with Gasteiger partial charge in [-0.25, -0.2) is 4.39 Å².